The van der Waals surface area contributed by atoms with E-state index in [-0.39, 0.29) is 22.5 Å². The number of hydrogen-bond acceptors (Lipinski definition) is 9. The van der Waals surface area contributed by atoms with Crippen molar-refractivity contribution in [2.45, 2.75) is 0 Å². The molecule has 13 heteroatoms. The van der Waals surface area contributed by atoms with E-state index in [9.17, 15) is 39.9 Å². The normalized spacial score (nSPS) is 10.2. The van der Waals surface area contributed by atoms with Crippen LogP contribution >= 0.6 is 0 Å². The van der Waals surface area contributed by atoms with Gasteiger partial charge in [0.2, 0.25) is 5.82 Å². The predicted octanol–water partition coefficient (Wildman–Crippen LogP) is 3.29. The molecule has 2 amide bonds. The lowest BCUT2D eigenvalue weighted by Gasteiger charge is -2.20. The highest BCUT2D eigenvalue weighted by molar-refractivity contribution is 6.26. The van der Waals surface area contributed by atoms with Crippen LogP contribution in [-0.2, 0) is 0 Å². The summed E-state index contributed by atoms with van der Waals surface area (Å²) in [7, 11) is 0. The van der Waals surface area contributed by atoms with E-state index in [2.05, 4.69) is 4.98 Å². The maximum absolute atomic E-state index is 13.2. The summed E-state index contributed by atoms with van der Waals surface area (Å²) < 4.78 is 0. The zero-order chi connectivity index (χ0) is 23.4. The van der Waals surface area contributed by atoms with E-state index in [0.29, 0.717) is 4.90 Å². The van der Waals surface area contributed by atoms with E-state index in [1.165, 1.54) is 6.07 Å². The van der Waals surface area contributed by atoms with Crippen molar-refractivity contribution < 1.29 is 24.4 Å². The molecule has 0 bridgehead atoms. The van der Waals surface area contributed by atoms with Gasteiger partial charge in [-0.2, -0.15) is 0 Å². The standard InChI is InChI=1S/C19H11N5O8/c25-18(12-3-7-14(8-4-12)22(27)28)21(17-16(24(31)32)2-1-11-20-17)19(26)13-5-9-15(10-6-13)23(29)30/h1-11H. The number of nitrogens with zero attached hydrogens (tertiary/aromatic N) is 5. The third-order valence-electron chi connectivity index (χ3n) is 4.23. The molecule has 0 aliphatic carbocycles. The molecule has 0 radical (unpaired) electrons. The molecule has 3 aromatic rings. The average molecular weight is 437 g/mol. The Morgan fingerprint density at radius 3 is 1.50 bits per heavy atom. The van der Waals surface area contributed by atoms with Gasteiger partial charge in [-0.15, -0.1) is 0 Å². The van der Waals surface area contributed by atoms with E-state index in [4.69, 9.17) is 0 Å². The molecule has 0 N–H and O–H groups in total. The van der Waals surface area contributed by atoms with Crippen molar-refractivity contribution in [3.8, 4) is 0 Å². The molecule has 1 heterocycles. The molecule has 3 rings (SSSR count). The highest BCUT2D eigenvalue weighted by Crippen LogP contribution is 2.28. The van der Waals surface area contributed by atoms with Crippen molar-refractivity contribution in [2.75, 3.05) is 4.90 Å². The molecule has 0 aliphatic heterocycles. The summed E-state index contributed by atoms with van der Waals surface area (Å²) in [5.74, 6) is -2.65. The lowest BCUT2D eigenvalue weighted by molar-refractivity contribution is -0.385. The number of carbonyl (C=O) groups is 2. The van der Waals surface area contributed by atoms with Crippen molar-refractivity contribution in [1.29, 1.82) is 0 Å². The lowest BCUT2D eigenvalue weighted by Crippen LogP contribution is -2.38. The summed E-state index contributed by atoms with van der Waals surface area (Å²) >= 11 is 0. The van der Waals surface area contributed by atoms with Crippen LogP contribution in [0.1, 0.15) is 20.7 Å². The number of carbonyl (C=O) groups excluding carboxylic acids is 2. The van der Waals surface area contributed by atoms with Gasteiger partial charge in [-0.05, 0) is 30.3 Å². The van der Waals surface area contributed by atoms with Crippen molar-refractivity contribution in [1.82, 2.24) is 4.98 Å². The number of nitro benzene ring substituents is 2. The van der Waals surface area contributed by atoms with Crippen LogP contribution in [0, 0.1) is 30.3 Å². The van der Waals surface area contributed by atoms with Gasteiger partial charge in [0.1, 0.15) is 0 Å². The topological polar surface area (TPSA) is 180 Å². The Labute approximate surface area is 178 Å². The van der Waals surface area contributed by atoms with Gasteiger partial charge in [0.15, 0.2) is 0 Å². The number of benzene rings is 2. The Balaban J connectivity index is 2.12. The van der Waals surface area contributed by atoms with Crippen LogP contribution in [-0.4, -0.2) is 31.6 Å². The van der Waals surface area contributed by atoms with Crippen molar-refractivity contribution in [3.63, 3.8) is 0 Å². The number of anilines is 1. The summed E-state index contributed by atoms with van der Waals surface area (Å²) in [6.45, 7) is 0. The first-order valence-corrected chi connectivity index (χ1v) is 8.68. The molecule has 0 aliphatic rings. The maximum Gasteiger partial charge on any atom is 0.312 e. The van der Waals surface area contributed by atoms with E-state index >= 15 is 0 Å². The van der Waals surface area contributed by atoms with E-state index in [1.807, 2.05) is 0 Å². The quantitative estimate of drug-likeness (QED) is 0.317. The second-order valence-electron chi connectivity index (χ2n) is 6.16. The minimum Gasteiger partial charge on any atom is -0.268 e. The van der Waals surface area contributed by atoms with E-state index in [1.54, 1.807) is 0 Å². The number of pyridine rings is 1. The fourth-order valence-electron chi connectivity index (χ4n) is 2.70. The molecule has 1 aromatic heterocycles. The van der Waals surface area contributed by atoms with Crippen LogP contribution in [0.15, 0.2) is 66.9 Å². The molecule has 0 saturated heterocycles. The number of non-ortho nitro benzene ring substituents is 2. The fourth-order valence-corrected chi connectivity index (χ4v) is 2.70. The van der Waals surface area contributed by atoms with Gasteiger partial charge < -0.3 is 0 Å². The first-order valence-electron chi connectivity index (χ1n) is 8.68. The number of amides is 2. The van der Waals surface area contributed by atoms with Crippen molar-refractivity contribution in [3.05, 3.63) is 108 Å². The van der Waals surface area contributed by atoms with Crippen LogP contribution in [0.4, 0.5) is 22.9 Å². The predicted molar refractivity (Wildman–Crippen MR) is 108 cm³/mol. The first kappa shape index (κ1) is 21.6. The Bertz CT molecular complexity index is 1170. The molecule has 0 fully saturated rings. The Kier molecular flexibility index (Phi) is 5.91. The first-order chi connectivity index (χ1) is 15.2. The highest BCUT2D eigenvalue weighted by atomic mass is 16.6. The summed E-state index contributed by atoms with van der Waals surface area (Å²) in [6.07, 6.45) is 1.14. The molecule has 0 spiro atoms. The number of imide groups is 1. The van der Waals surface area contributed by atoms with Crippen LogP contribution in [0.2, 0.25) is 0 Å². The summed E-state index contributed by atoms with van der Waals surface area (Å²) in [5.41, 5.74) is -1.60. The van der Waals surface area contributed by atoms with Crippen molar-refractivity contribution >= 4 is 34.7 Å². The summed E-state index contributed by atoms with van der Waals surface area (Å²) in [6, 6.07) is 10.8. The molecule has 0 saturated carbocycles. The Morgan fingerprint density at radius 1 is 0.688 bits per heavy atom. The Hall–Kier alpha value is -5.07. The largest absolute Gasteiger partial charge is 0.312 e. The fraction of sp³-hybridized carbons (Fsp3) is 0. The van der Waals surface area contributed by atoms with Crippen LogP contribution in [0.25, 0.3) is 0 Å². The number of rotatable bonds is 6. The van der Waals surface area contributed by atoms with Gasteiger partial charge in [-0.3, -0.25) is 39.9 Å². The zero-order valence-corrected chi connectivity index (χ0v) is 15.9. The molecule has 2 aromatic carbocycles. The highest BCUT2D eigenvalue weighted by Gasteiger charge is 2.33. The van der Waals surface area contributed by atoms with Crippen LogP contribution in [0.5, 0.6) is 0 Å². The minimum atomic E-state index is -1.04. The van der Waals surface area contributed by atoms with Gasteiger partial charge in [0.25, 0.3) is 23.2 Å². The lowest BCUT2D eigenvalue weighted by atomic mass is 10.1. The van der Waals surface area contributed by atoms with Gasteiger partial charge >= 0.3 is 5.69 Å². The molecule has 13 nitrogen and oxygen atoms in total. The van der Waals surface area contributed by atoms with Crippen LogP contribution < -0.4 is 4.90 Å². The van der Waals surface area contributed by atoms with E-state index in [0.717, 1.165) is 60.8 Å². The Morgan fingerprint density at radius 2 is 1.12 bits per heavy atom. The number of hydrogen-bond donors (Lipinski definition) is 0. The van der Waals surface area contributed by atoms with Gasteiger partial charge in [-0.25, -0.2) is 9.88 Å². The third kappa shape index (κ3) is 4.25. The van der Waals surface area contributed by atoms with Gasteiger partial charge in [0.05, 0.1) is 14.8 Å². The molecule has 0 unspecified atom stereocenters. The summed E-state index contributed by atoms with van der Waals surface area (Å²) in [5, 5.41) is 33.1. The molecular formula is C19H11N5O8. The zero-order valence-electron chi connectivity index (χ0n) is 15.9. The SMILES string of the molecule is O=C(c1ccc([N+](=O)[O-])cc1)N(C(=O)c1ccc([N+](=O)[O-])cc1)c1ncccc1[N+](=O)[O-]. The molecule has 160 valence electrons. The molecular weight excluding hydrogens is 426 g/mol. The number of nitro groups is 3. The van der Waals surface area contributed by atoms with Crippen molar-refractivity contribution in [2.24, 2.45) is 0 Å². The average Bonchev–Trinajstić information content (AvgIpc) is 2.79. The summed E-state index contributed by atoms with van der Waals surface area (Å²) in [4.78, 5) is 61.5. The smallest absolute Gasteiger partial charge is 0.268 e. The van der Waals surface area contributed by atoms with Crippen LogP contribution in [0.3, 0.4) is 0 Å². The minimum absolute atomic E-state index is 0.175. The second kappa shape index (κ2) is 8.74. The van der Waals surface area contributed by atoms with Gasteiger partial charge in [-0.1, -0.05) is 0 Å². The molecule has 32 heavy (non-hydrogen) atoms. The number of aromatic nitrogens is 1. The maximum atomic E-state index is 13.2. The van der Waals surface area contributed by atoms with Gasteiger partial charge in [0, 0.05) is 47.7 Å². The monoisotopic (exact) mass is 437 g/mol. The third-order valence-corrected chi connectivity index (χ3v) is 4.23. The molecule has 0 atom stereocenters. The second-order valence-corrected chi connectivity index (χ2v) is 6.16. The van der Waals surface area contributed by atoms with E-state index < -0.39 is 38.1 Å².